The molecule has 6 nitrogen and oxygen atoms in total. The molecule has 28 heavy (non-hydrogen) atoms. The first-order valence-corrected chi connectivity index (χ1v) is 9.45. The summed E-state index contributed by atoms with van der Waals surface area (Å²) < 4.78 is 7.67. The van der Waals surface area contributed by atoms with Crippen molar-refractivity contribution in [3.8, 4) is 0 Å². The van der Waals surface area contributed by atoms with E-state index in [9.17, 15) is 14.7 Å². The Kier molecular flexibility index (Phi) is 5.79. The molecule has 2 heterocycles. The number of carbonyl (C=O) groups is 2. The summed E-state index contributed by atoms with van der Waals surface area (Å²) >= 11 is 0. The third-order valence-corrected chi connectivity index (χ3v) is 5.14. The fourth-order valence-corrected chi connectivity index (χ4v) is 3.62. The number of carbonyl (C=O) groups excluding carboxylic acids is 1. The number of aromatic nitrogens is 1. The molecule has 6 heteroatoms. The number of benzene rings is 1. The van der Waals surface area contributed by atoms with E-state index in [0.29, 0.717) is 43.1 Å². The smallest absolute Gasteiger partial charge is 0.312 e. The van der Waals surface area contributed by atoms with Gasteiger partial charge in [-0.2, -0.15) is 0 Å². The number of nitrogens with zero attached hydrogens (tertiary/aromatic N) is 2. The van der Waals surface area contributed by atoms with Crippen molar-refractivity contribution in [2.24, 2.45) is 4.99 Å². The Labute approximate surface area is 164 Å². The van der Waals surface area contributed by atoms with E-state index in [4.69, 9.17) is 4.74 Å². The summed E-state index contributed by atoms with van der Waals surface area (Å²) in [6.45, 7) is 9.14. The van der Waals surface area contributed by atoms with Crippen molar-refractivity contribution in [3.05, 3.63) is 58.9 Å². The largest absolute Gasteiger partial charge is 0.481 e. The molecule has 0 bridgehead atoms. The van der Waals surface area contributed by atoms with E-state index in [1.807, 2.05) is 42.7 Å². The van der Waals surface area contributed by atoms with Crippen molar-refractivity contribution in [1.29, 1.82) is 0 Å². The molecule has 2 aromatic rings. The molecule has 1 atom stereocenters. The van der Waals surface area contributed by atoms with Crippen LogP contribution >= 0.6 is 0 Å². The maximum Gasteiger partial charge on any atom is 0.312 e. The van der Waals surface area contributed by atoms with Crippen LogP contribution < -0.4 is 0 Å². The lowest BCUT2D eigenvalue weighted by molar-refractivity contribution is -0.138. The molecule has 1 aliphatic heterocycles. The van der Waals surface area contributed by atoms with Crippen LogP contribution in [0.5, 0.6) is 0 Å². The highest BCUT2D eigenvalue weighted by atomic mass is 16.5. The maximum atomic E-state index is 12.9. The SMILES string of the molecule is C=NCC(C)(C)OCCc1ccc(C(=O)c2ccc3n2CC[C@@H]3C(=O)O)cc1. The Hall–Kier alpha value is -2.73. The van der Waals surface area contributed by atoms with Crippen LogP contribution in [0.3, 0.4) is 0 Å². The number of rotatable bonds is 9. The molecular formula is C22H26N2O4. The minimum atomic E-state index is -0.838. The number of ketones is 1. The van der Waals surface area contributed by atoms with Gasteiger partial charge in [0.1, 0.15) is 0 Å². The summed E-state index contributed by atoms with van der Waals surface area (Å²) in [4.78, 5) is 28.1. The Balaban J connectivity index is 1.64. The fraction of sp³-hybridized carbons (Fsp3) is 0.409. The standard InChI is InChI=1S/C22H26N2O4/c1-22(2,14-23-3)28-13-11-15-4-6-16(7-5-15)20(25)19-9-8-18-17(21(26)27)10-12-24(18)19/h4-9,17H,3,10-14H2,1-2H3,(H,26,27)/t17-/m0/s1. The van der Waals surface area contributed by atoms with E-state index in [0.717, 1.165) is 12.0 Å². The summed E-state index contributed by atoms with van der Waals surface area (Å²) in [5, 5.41) is 9.29. The summed E-state index contributed by atoms with van der Waals surface area (Å²) in [6, 6.07) is 11.0. The quantitative estimate of drug-likeness (QED) is 0.533. The van der Waals surface area contributed by atoms with Gasteiger partial charge in [0, 0.05) is 17.8 Å². The highest BCUT2D eigenvalue weighted by molar-refractivity contribution is 6.08. The van der Waals surface area contributed by atoms with Gasteiger partial charge in [-0.15, -0.1) is 0 Å². The Bertz CT molecular complexity index is 880. The number of carboxylic acid groups (broad SMARTS) is 1. The molecular weight excluding hydrogens is 356 g/mol. The van der Waals surface area contributed by atoms with E-state index >= 15 is 0 Å². The topological polar surface area (TPSA) is 80.9 Å². The van der Waals surface area contributed by atoms with Crippen LogP contribution in [0.1, 0.15) is 53.5 Å². The van der Waals surface area contributed by atoms with Crippen molar-refractivity contribution >= 4 is 18.5 Å². The zero-order valence-corrected chi connectivity index (χ0v) is 16.4. The maximum absolute atomic E-state index is 12.9. The summed E-state index contributed by atoms with van der Waals surface area (Å²) in [5.74, 6) is -1.45. The van der Waals surface area contributed by atoms with Gasteiger partial charge in [-0.1, -0.05) is 24.3 Å². The molecule has 1 aliphatic rings. The highest BCUT2D eigenvalue weighted by Crippen LogP contribution is 2.31. The van der Waals surface area contributed by atoms with Crippen molar-refractivity contribution < 1.29 is 19.4 Å². The fourth-order valence-electron chi connectivity index (χ4n) is 3.62. The average molecular weight is 382 g/mol. The minimum absolute atomic E-state index is 0.0849. The van der Waals surface area contributed by atoms with Crippen molar-refractivity contribution in [2.45, 2.75) is 44.8 Å². The van der Waals surface area contributed by atoms with Crippen molar-refractivity contribution in [3.63, 3.8) is 0 Å². The predicted octanol–water partition coefficient (Wildman–Crippen LogP) is 3.33. The second-order valence-electron chi connectivity index (χ2n) is 7.74. The van der Waals surface area contributed by atoms with Gasteiger partial charge in [0.2, 0.25) is 5.78 Å². The number of aliphatic carboxylic acids is 1. The molecule has 0 saturated heterocycles. The van der Waals surface area contributed by atoms with Crippen LogP contribution in [0.4, 0.5) is 0 Å². The van der Waals surface area contributed by atoms with Gasteiger partial charge in [0.05, 0.1) is 30.4 Å². The molecule has 0 aliphatic carbocycles. The molecule has 0 fully saturated rings. The number of aliphatic imine (C=N–C) groups is 1. The van der Waals surface area contributed by atoms with Gasteiger partial charge >= 0.3 is 5.97 Å². The van der Waals surface area contributed by atoms with Crippen molar-refractivity contribution in [1.82, 2.24) is 4.57 Å². The number of carboxylic acids is 1. The van der Waals surface area contributed by atoms with Gasteiger partial charge < -0.3 is 14.4 Å². The van der Waals surface area contributed by atoms with Crippen LogP contribution in [0, 0.1) is 0 Å². The Morgan fingerprint density at radius 1 is 1.25 bits per heavy atom. The number of ether oxygens (including phenoxy) is 1. The number of fused-ring (bicyclic) bond motifs is 1. The molecule has 0 spiro atoms. The predicted molar refractivity (Wildman–Crippen MR) is 107 cm³/mol. The lowest BCUT2D eigenvalue weighted by atomic mass is 10.0. The van der Waals surface area contributed by atoms with Crippen molar-refractivity contribution in [2.75, 3.05) is 13.2 Å². The zero-order chi connectivity index (χ0) is 20.3. The molecule has 0 saturated carbocycles. The van der Waals surface area contributed by atoms with E-state index in [1.165, 1.54) is 0 Å². The number of hydrogen-bond acceptors (Lipinski definition) is 4. The highest BCUT2D eigenvalue weighted by Gasteiger charge is 2.31. The van der Waals surface area contributed by atoms with Crippen LogP contribution in [0.25, 0.3) is 0 Å². The molecule has 148 valence electrons. The van der Waals surface area contributed by atoms with E-state index in [1.54, 1.807) is 12.1 Å². The van der Waals surface area contributed by atoms with Gasteiger partial charge in [-0.25, -0.2) is 0 Å². The van der Waals surface area contributed by atoms with E-state index in [2.05, 4.69) is 11.7 Å². The number of hydrogen-bond donors (Lipinski definition) is 1. The first-order valence-electron chi connectivity index (χ1n) is 9.45. The molecule has 0 unspecified atom stereocenters. The van der Waals surface area contributed by atoms with Gasteiger partial charge in [-0.3, -0.25) is 14.6 Å². The van der Waals surface area contributed by atoms with Crippen LogP contribution in [-0.4, -0.2) is 46.9 Å². The Morgan fingerprint density at radius 2 is 1.96 bits per heavy atom. The Morgan fingerprint density at radius 3 is 2.61 bits per heavy atom. The van der Waals surface area contributed by atoms with Gasteiger partial charge in [0.25, 0.3) is 0 Å². The normalized spacial score (nSPS) is 16.0. The molecule has 1 N–H and O–H groups in total. The molecule has 0 amide bonds. The lowest BCUT2D eigenvalue weighted by Gasteiger charge is -2.23. The minimum Gasteiger partial charge on any atom is -0.481 e. The summed E-state index contributed by atoms with van der Waals surface area (Å²) in [7, 11) is 0. The van der Waals surface area contributed by atoms with Gasteiger partial charge in [-0.05, 0) is 51.1 Å². The first-order chi connectivity index (χ1) is 13.3. The molecule has 1 aromatic heterocycles. The average Bonchev–Trinajstić information content (AvgIpc) is 3.23. The zero-order valence-electron chi connectivity index (χ0n) is 16.4. The van der Waals surface area contributed by atoms with E-state index < -0.39 is 11.9 Å². The monoisotopic (exact) mass is 382 g/mol. The summed E-state index contributed by atoms with van der Waals surface area (Å²) in [5.41, 5.74) is 2.61. The van der Waals surface area contributed by atoms with Crippen LogP contribution in [-0.2, 0) is 22.5 Å². The molecule has 1 aromatic carbocycles. The van der Waals surface area contributed by atoms with Gasteiger partial charge in [0.15, 0.2) is 0 Å². The van der Waals surface area contributed by atoms with E-state index in [-0.39, 0.29) is 11.4 Å². The third kappa shape index (κ3) is 4.22. The second-order valence-corrected chi connectivity index (χ2v) is 7.74. The molecule has 0 radical (unpaired) electrons. The second kappa shape index (κ2) is 8.10. The summed E-state index contributed by atoms with van der Waals surface area (Å²) in [6.07, 6.45) is 1.28. The van der Waals surface area contributed by atoms with Crippen LogP contribution in [0.2, 0.25) is 0 Å². The molecule has 3 rings (SSSR count). The first kappa shape index (κ1) is 20.0. The van der Waals surface area contributed by atoms with Crippen LogP contribution in [0.15, 0.2) is 41.4 Å². The lowest BCUT2D eigenvalue weighted by Crippen LogP contribution is -2.29. The third-order valence-electron chi connectivity index (χ3n) is 5.14.